The van der Waals surface area contributed by atoms with Crippen LogP contribution < -0.4 is 16.0 Å². The van der Waals surface area contributed by atoms with Crippen molar-refractivity contribution in [2.45, 2.75) is 114 Å². The fourth-order valence-corrected chi connectivity index (χ4v) is 5.24. The average molecular weight is 812 g/mol. The Kier molecular flexibility index (Phi) is 18.1. The summed E-state index contributed by atoms with van der Waals surface area (Å²) in [4.78, 5) is 34.2. The molecule has 3 amide bonds. The van der Waals surface area contributed by atoms with Crippen LogP contribution in [0.15, 0.2) is 64.9 Å². The molecule has 0 atom stereocenters. The fraction of sp³-hybridized carbons (Fsp3) is 0.531. The number of hydrogen-bond acceptors (Lipinski definition) is 12. The summed E-state index contributed by atoms with van der Waals surface area (Å²) in [6.45, 7) is 13.9. The van der Waals surface area contributed by atoms with Crippen molar-refractivity contribution < 1.29 is 66.5 Å². The Morgan fingerprint density at radius 2 is 0.943 bits per heavy atom. The molecule has 0 aliphatic carbocycles. The second kappa shape index (κ2) is 20.4. The molecule has 18 nitrogen and oxygen atoms in total. The first kappa shape index (κ1) is 47.0. The highest BCUT2D eigenvalue weighted by Gasteiger charge is 2.18. The van der Waals surface area contributed by atoms with E-state index in [4.69, 9.17) is 26.9 Å². The molecule has 300 valence electrons. The van der Waals surface area contributed by atoms with E-state index in [2.05, 4.69) is 16.0 Å². The summed E-state index contributed by atoms with van der Waals surface area (Å²) in [5.74, 6) is 1.01. The highest BCUT2D eigenvalue weighted by atomic mass is 32.2. The van der Waals surface area contributed by atoms with Gasteiger partial charge in [0.15, 0.2) is 0 Å². The lowest BCUT2D eigenvalue weighted by atomic mass is 10.1. The highest BCUT2D eigenvalue weighted by molar-refractivity contribution is 7.86. The summed E-state index contributed by atoms with van der Waals surface area (Å²) in [7, 11) is -12.9. The first-order valence-electron chi connectivity index (χ1n) is 16.2. The van der Waals surface area contributed by atoms with E-state index < -0.39 is 45.6 Å². The normalized spacial score (nSPS) is 12.0. The molecule has 0 aromatic carbocycles. The number of amides is 3. The zero-order valence-electron chi connectivity index (χ0n) is 30.5. The lowest BCUT2D eigenvalue weighted by molar-refractivity contribution is -0.123. The maximum Gasteiger partial charge on any atom is 0.328 e. The average Bonchev–Trinajstić information content (AvgIpc) is 3.77. The molecule has 0 aliphatic rings. The zero-order chi connectivity index (χ0) is 40.8. The lowest BCUT2D eigenvalue weighted by Crippen LogP contribution is -2.40. The van der Waals surface area contributed by atoms with Crippen LogP contribution in [0.25, 0.3) is 0 Å². The molecule has 0 saturated heterocycles. The van der Waals surface area contributed by atoms with Gasteiger partial charge in [0.25, 0.3) is 0 Å². The fourth-order valence-electron chi connectivity index (χ4n) is 3.89. The minimum absolute atomic E-state index is 0.0625. The standard InChI is InChI=1S/2C11H17NO5S.C10H15NO5S/c1-11(2,3)12-9(13)6-4-8-5-7-10(17-8)18(14,15)16;1-8(2)7-12-10(13)5-3-9-4-6-11(17-9)18(14,15)16;1-7(2)11-9(12)5-3-8-4-6-10(16-8)17(13,14)15/h5,7H,4,6H2,1-3H3,(H,12,13)(H,14,15,16);4,6,8H,3,5,7H2,1-2H3,(H,12,13)(H,14,15,16);4,6-7H,3,5H2,1-2H3,(H,11,12)(H,13,14,15). The molecule has 0 radical (unpaired) electrons. The van der Waals surface area contributed by atoms with Crippen molar-refractivity contribution in [1.29, 1.82) is 0 Å². The van der Waals surface area contributed by atoms with E-state index in [0.29, 0.717) is 36.2 Å². The molecule has 0 saturated carbocycles. The molecule has 0 spiro atoms. The molecule has 6 N–H and O–H groups in total. The zero-order valence-corrected chi connectivity index (χ0v) is 33.0. The van der Waals surface area contributed by atoms with Gasteiger partial charge in [0.1, 0.15) is 17.3 Å². The third-order valence-corrected chi connectivity index (χ3v) is 8.32. The summed E-state index contributed by atoms with van der Waals surface area (Å²) < 4.78 is 105. The third kappa shape index (κ3) is 20.7. The number of rotatable bonds is 15. The number of carbonyl (C=O) groups excluding carboxylic acids is 3. The van der Waals surface area contributed by atoms with E-state index in [0.717, 1.165) is 18.2 Å². The molecule has 3 rings (SSSR count). The van der Waals surface area contributed by atoms with Gasteiger partial charge in [0.05, 0.1) is 0 Å². The lowest BCUT2D eigenvalue weighted by Gasteiger charge is -2.20. The molecule has 3 aromatic heterocycles. The topological polar surface area (TPSA) is 290 Å². The van der Waals surface area contributed by atoms with Gasteiger partial charge in [-0.15, -0.1) is 0 Å². The molecule has 53 heavy (non-hydrogen) atoms. The van der Waals surface area contributed by atoms with Gasteiger partial charge in [-0.05, 0) is 76.9 Å². The van der Waals surface area contributed by atoms with Crippen LogP contribution in [0.5, 0.6) is 0 Å². The number of nitrogens with one attached hydrogen (secondary N) is 3. The predicted molar refractivity (Wildman–Crippen MR) is 190 cm³/mol. The SMILES string of the molecule is CC(C)(C)NC(=O)CCc1ccc(S(=O)(=O)O)o1.CC(C)CNC(=O)CCc1ccc(S(=O)(=O)O)o1.CC(C)NC(=O)CCc1ccc(S(=O)(=O)O)o1. The van der Waals surface area contributed by atoms with Crippen molar-refractivity contribution in [1.82, 2.24) is 16.0 Å². The highest BCUT2D eigenvalue weighted by Crippen LogP contribution is 2.17. The molecule has 0 unspecified atom stereocenters. The first-order chi connectivity index (χ1) is 24.2. The van der Waals surface area contributed by atoms with E-state index in [9.17, 15) is 39.6 Å². The maximum atomic E-state index is 11.5. The van der Waals surface area contributed by atoms with Crippen molar-refractivity contribution >= 4 is 48.1 Å². The van der Waals surface area contributed by atoms with Crippen LogP contribution in [0, 0.1) is 5.92 Å². The number of aryl methyl sites for hydroxylation is 3. The Bertz CT molecular complexity index is 1970. The van der Waals surface area contributed by atoms with Gasteiger partial charge >= 0.3 is 30.4 Å². The summed E-state index contributed by atoms with van der Waals surface area (Å²) >= 11 is 0. The summed E-state index contributed by atoms with van der Waals surface area (Å²) in [6.07, 6.45) is 1.46. The molecule has 3 aromatic rings. The Hall–Kier alpha value is -4.02. The van der Waals surface area contributed by atoms with Crippen LogP contribution in [-0.4, -0.2) is 74.8 Å². The molecule has 0 fully saturated rings. The van der Waals surface area contributed by atoms with Crippen molar-refractivity contribution in [3.8, 4) is 0 Å². The number of hydrogen-bond donors (Lipinski definition) is 6. The van der Waals surface area contributed by atoms with Crippen LogP contribution >= 0.6 is 0 Å². The number of carbonyl (C=O) groups is 3. The Balaban J connectivity index is 0.000000398. The van der Waals surface area contributed by atoms with Crippen LogP contribution in [0.4, 0.5) is 0 Å². The Morgan fingerprint density at radius 3 is 1.23 bits per heavy atom. The van der Waals surface area contributed by atoms with Crippen molar-refractivity contribution in [2.75, 3.05) is 6.54 Å². The van der Waals surface area contributed by atoms with Gasteiger partial charge in [-0.2, -0.15) is 25.3 Å². The Morgan fingerprint density at radius 1 is 0.604 bits per heavy atom. The first-order valence-corrected chi connectivity index (χ1v) is 20.5. The minimum atomic E-state index is -4.32. The summed E-state index contributed by atoms with van der Waals surface area (Å²) in [5.41, 5.74) is -0.306. The van der Waals surface area contributed by atoms with Gasteiger partial charge in [-0.25, -0.2) is 0 Å². The van der Waals surface area contributed by atoms with Crippen molar-refractivity contribution in [3.63, 3.8) is 0 Å². The third-order valence-electron chi connectivity index (χ3n) is 6.14. The molecular formula is C32H49N3O15S3. The van der Waals surface area contributed by atoms with Gasteiger partial charge in [0.2, 0.25) is 33.0 Å². The maximum absolute atomic E-state index is 11.5. The molecule has 0 aliphatic heterocycles. The largest absolute Gasteiger partial charge is 0.447 e. The smallest absolute Gasteiger partial charge is 0.328 e. The van der Waals surface area contributed by atoms with Gasteiger partial charge < -0.3 is 29.2 Å². The summed E-state index contributed by atoms with van der Waals surface area (Å²) in [6, 6.07) is 7.82. The minimum Gasteiger partial charge on any atom is -0.447 e. The van der Waals surface area contributed by atoms with Gasteiger partial charge in [-0.3, -0.25) is 28.0 Å². The number of furan rings is 3. The van der Waals surface area contributed by atoms with Crippen LogP contribution in [0.1, 0.15) is 85.0 Å². The summed E-state index contributed by atoms with van der Waals surface area (Å²) in [5, 5.41) is 6.71. The van der Waals surface area contributed by atoms with Gasteiger partial charge in [-0.1, -0.05) is 13.8 Å². The quantitative estimate of drug-likeness (QED) is 0.120. The van der Waals surface area contributed by atoms with E-state index in [-0.39, 0.29) is 61.4 Å². The Labute approximate surface area is 309 Å². The monoisotopic (exact) mass is 811 g/mol. The van der Waals surface area contributed by atoms with Crippen molar-refractivity contribution in [2.24, 2.45) is 5.92 Å². The predicted octanol–water partition coefficient (Wildman–Crippen LogP) is 3.59. The van der Waals surface area contributed by atoms with E-state index in [1.807, 2.05) is 48.5 Å². The van der Waals surface area contributed by atoms with Crippen LogP contribution in [0.2, 0.25) is 0 Å². The van der Waals surface area contributed by atoms with E-state index >= 15 is 0 Å². The molecular weight excluding hydrogens is 763 g/mol. The second-order valence-electron chi connectivity index (χ2n) is 13.3. The van der Waals surface area contributed by atoms with Gasteiger partial charge in [0, 0.05) is 56.7 Å². The van der Waals surface area contributed by atoms with Crippen LogP contribution in [0.3, 0.4) is 0 Å². The van der Waals surface area contributed by atoms with E-state index in [1.165, 1.54) is 18.2 Å². The van der Waals surface area contributed by atoms with Crippen LogP contribution in [-0.2, 0) is 64.0 Å². The molecule has 3 heterocycles. The molecule has 0 bridgehead atoms. The second-order valence-corrected chi connectivity index (χ2v) is 17.4. The van der Waals surface area contributed by atoms with Crippen molar-refractivity contribution in [3.05, 3.63) is 53.7 Å². The molecule has 21 heteroatoms. The van der Waals surface area contributed by atoms with E-state index in [1.54, 1.807) is 0 Å².